The van der Waals surface area contributed by atoms with E-state index in [0.717, 1.165) is 0 Å². The van der Waals surface area contributed by atoms with Gasteiger partial charge in [0, 0.05) is 25.2 Å². The van der Waals surface area contributed by atoms with Crippen LogP contribution in [0.25, 0.3) is 0 Å². The summed E-state index contributed by atoms with van der Waals surface area (Å²) in [5, 5.41) is 2.73. The van der Waals surface area contributed by atoms with Crippen LogP contribution in [0, 0.1) is 0 Å². The van der Waals surface area contributed by atoms with E-state index in [1.807, 2.05) is 13.8 Å². The zero-order chi connectivity index (χ0) is 16.1. The van der Waals surface area contributed by atoms with E-state index >= 15 is 0 Å². The number of carbonyl (C=O) groups excluding carboxylic acids is 1. The molecule has 0 saturated carbocycles. The molecule has 0 spiro atoms. The van der Waals surface area contributed by atoms with Crippen molar-refractivity contribution < 1.29 is 23.0 Å². The molecule has 0 radical (unpaired) electrons. The number of para-hydroxylation sites is 1. The molecule has 1 aliphatic rings. The lowest BCUT2D eigenvalue weighted by molar-refractivity contribution is -0.0548. The SMILES string of the molecule is CC1CN(C(=O)NCc2ccccc2OC(F)F)CC(C)O1. The zero-order valence-electron chi connectivity index (χ0n) is 12.6. The minimum Gasteiger partial charge on any atom is -0.434 e. The van der Waals surface area contributed by atoms with Gasteiger partial charge in [-0.15, -0.1) is 0 Å². The Labute approximate surface area is 128 Å². The highest BCUT2D eigenvalue weighted by atomic mass is 19.3. The van der Waals surface area contributed by atoms with Crippen molar-refractivity contribution in [3.8, 4) is 5.75 Å². The first-order chi connectivity index (χ1) is 10.5. The van der Waals surface area contributed by atoms with Gasteiger partial charge in [0.05, 0.1) is 12.2 Å². The summed E-state index contributed by atoms with van der Waals surface area (Å²) in [6.45, 7) is 2.06. The third-order valence-electron chi connectivity index (χ3n) is 3.33. The van der Waals surface area contributed by atoms with Crippen molar-refractivity contribution in [2.75, 3.05) is 13.1 Å². The van der Waals surface area contributed by atoms with Gasteiger partial charge in [-0.3, -0.25) is 0 Å². The van der Waals surface area contributed by atoms with Crippen LogP contribution in [0.15, 0.2) is 24.3 Å². The number of alkyl halides is 2. The third kappa shape index (κ3) is 4.56. The topological polar surface area (TPSA) is 50.8 Å². The lowest BCUT2D eigenvalue weighted by Gasteiger charge is -2.35. The molecule has 2 amide bonds. The molecule has 122 valence electrons. The molecule has 1 aliphatic heterocycles. The van der Waals surface area contributed by atoms with E-state index in [2.05, 4.69) is 10.1 Å². The summed E-state index contributed by atoms with van der Waals surface area (Å²) in [6, 6.07) is 6.16. The third-order valence-corrected chi connectivity index (χ3v) is 3.33. The number of ether oxygens (including phenoxy) is 2. The average Bonchev–Trinajstić information content (AvgIpc) is 2.44. The second-order valence-corrected chi connectivity index (χ2v) is 5.31. The number of nitrogens with zero attached hydrogens (tertiary/aromatic N) is 1. The van der Waals surface area contributed by atoms with Gasteiger partial charge in [-0.25, -0.2) is 4.79 Å². The Bertz CT molecular complexity index is 503. The van der Waals surface area contributed by atoms with Crippen molar-refractivity contribution >= 4 is 6.03 Å². The summed E-state index contributed by atoms with van der Waals surface area (Å²) >= 11 is 0. The molecule has 2 unspecified atom stereocenters. The first-order valence-corrected chi connectivity index (χ1v) is 7.16. The molecule has 2 rings (SSSR count). The van der Waals surface area contributed by atoms with Gasteiger partial charge in [0.15, 0.2) is 0 Å². The van der Waals surface area contributed by atoms with E-state index in [-0.39, 0.29) is 30.5 Å². The lowest BCUT2D eigenvalue weighted by atomic mass is 10.2. The molecular weight excluding hydrogens is 294 g/mol. The molecule has 0 aromatic heterocycles. The van der Waals surface area contributed by atoms with Gasteiger partial charge < -0.3 is 19.7 Å². The maximum absolute atomic E-state index is 12.3. The summed E-state index contributed by atoms with van der Waals surface area (Å²) in [6.07, 6.45) is -0.0482. The standard InChI is InChI=1S/C15H20F2N2O3/c1-10-8-19(9-11(2)21-10)15(20)18-7-12-5-3-4-6-13(12)22-14(16)17/h3-6,10-11,14H,7-9H2,1-2H3,(H,18,20). The Morgan fingerprint density at radius 1 is 1.36 bits per heavy atom. The summed E-state index contributed by atoms with van der Waals surface area (Å²) in [7, 11) is 0. The number of amides is 2. The molecular formula is C15H20F2N2O3. The summed E-state index contributed by atoms with van der Waals surface area (Å²) in [5.41, 5.74) is 0.505. The number of benzene rings is 1. The number of urea groups is 1. The van der Waals surface area contributed by atoms with Gasteiger partial charge >= 0.3 is 12.6 Å². The minimum absolute atomic E-state index is 0.0241. The van der Waals surface area contributed by atoms with Crippen molar-refractivity contribution in [1.29, 1.82) is 0 Å². The monoisotopic (exact) mass is 314 g/mol. The van der Waals surface area contributed by atoms with Crippen molar-refractivity contribution in [3.63, 3.8) is 0 Å². The second kappa shape index (κ2) is 7.40. The summed E-state index contributed by atoms with van der Waals surface area (Å²) < 4.78 is 34.7. The van der Waals surface area contributed by atoms with E-state index < -0.39 is 6.61 Å². The lowest BCUT2D eigenvalue weighted by Crippen LogP contribution is -2.51. The Hall–Kier alpha value is -1.89. The van der Waals surface area contributed by atoms with Gasteiger partial charge in [-0.2, -0.15) is 8.78 Å². The Morgan fingerprint density at radius 2 is 2.00 bits per heavy atom. The maximum Gasteiger partial charge on any atom is 0.387 e. The smallest absolute Gasteiger partial charge is 0.387 e. The van der Waals surface area contributed by atoms with E-state index in [4.69, 9.17) is 4.74 Å². The molecule has 1 N–H and O–H groups in total. The van der Waals surface area contributed by atoms with Gasteiger partial charge in [0.1, 0.15) is 5.75 Å². The van der Waals surface area contributed by atoms with Crippen LogP contribution in [0.1, 0.15) is 19.4 Å². The van der Waals surface area contributed by atoms with Crippen LogP contribution >= 0.6 is 0 Å². The largest absolute Gasteiger partial charge is 0.434 e. The molecule has 1 fully saturated rings. The Balaban J connectivity index is 1.93. The molecule has 7 heteroatoms. The molecule has 22 heavy (non-hydrogen) atoms. The van der Waals surface area contributed by atoms with Crippen LogP contribution in [0.2, 0.25) is 0 Å². The van der Waals surface area contributed by atoms with Crippen LogP contribution in [0.5, 0.6) is 5.75 Å². The van der Waals surface area contributed by atoms with Crippen LogP contribution < -0.4 is 10.1 Å². The van der Waals surface area contributed by atoms with E-state index in [1.165, 1.54) is 6.07 Å². The Morgan fingerprint density at radius 3 is 2.64 bits per heavy atom. The van der Waals surface area contributed by atoms with Crippen LogP contribution in [0.3, 0.4) is 0 Å². The predicted octanol–water partition coefficient (Wildman–Crippen LogP) is 2.61. The number of morpholine rings is 1. The molecule has 5 nitrogen and oxygen atoms in total. The van der Waals surface area contributed by atoms with Crippen molar-refractivity contribution in [3.05, 3.63) is 29.8 Å². The van der Waals surface area contributed by atoms with E-state index in [1.54, 1.807) is 23.1 Å². The number of hydrogen-bond acceptors (Lipinski definition) is 3. The highest BCUT2D eigenvalue weighted by Gasteiger charge is 2.25. The van der Waals surface area contributed by atoms with E-state index in [9.17, 15) is 13.6 Å². The first-order valence-electron chi connectivity index (χ1n) is 7.16. The molecule has 0 aliphatic carbocycles. The molecule has 1 heterocycles. The second-order valence-electron chi connectivity index (χ2n) is 5.31. The fourth-order valence-electron chi connectivity index (χ4n) is 2.49. The normalized spacial score (nSPS) is 21.8. The van der Waals surface area contributed by atoms with Gasteiger partial charge in [-0.1, -0.05) is 18.2 Å². The highest BCUT2D eigenvalue weighted by molar-refractivity contribution is 5.74. The van der Waals surface area contributed by atoms with Crippen molar-refractivity contribution in [1.82, 2.24) is 10.2 Å². The van der Waals surface area contributed by atoms with Crippen molar-refractivity contribution in [2.45, 2.75) is 39.2 Å². The molecule has 2 atom stereocenters. The number of halogens is 2. The number of carbonyl (C=O) groups is 1. The molecule has 1 aromatic rings. The summed E-state index contributed by atoms with van der Waals surface area (Å²) in [5.74, 6) is 0.0708. The van der Waals surface area contributed by atoms with Gasteiger partial charge in [0.2, 0.25) is 0 Å². The van der Waals surface area contributed by atoms with Gasteiger partial charge in [0.25, 0.3) is 0 Å². The minimum atomic E-state index is -2.89. The number of hydrogen-bond donors (Lipinski definition) is 1. The zero-order valence-corrected chi connectivity index (χ0v) is 12.6. The molecule has 1 aromatic carbocycles. The number of nitrogens with one attached hydrogen (secondary N) is 1. The van der Waals surface area contributed by atoms with E-state index in [0.29, 0.717) is 18.7 Å². The number of rotatable bonds is 4. The first kappa shape index (κ1) is 16.5. The van der Waals surface area contributed by atoms with Gasteiger partial charge in [-0.05, 0) is 19.9 Å². The predicted molar refractivity (Wildman–Crippen MR) is 76.9 cm³/mol. The molecule has 1 saturated heterocycles. The van der Waals surface area contributed by atoms with Crippen LogP contribution in [0.4, 0.5) is 13.6 Å². The van der Waals surface area contributed by atoms with Crippen LogP contribution in [-0.2, 0) is 11.3 Å². The summed E-state index contributed by atoms with van der Waals surface area (Å²) in [4.78, 5) is 13.8. The Kier molecular flexibility index (Phi) is 5.54. The van der Waals surface area contributed by atoms with Crippen LogP contribution in [-0.4, -0.2) is 42.8 Å². The van der Waals surface area contributed by atoms with Crippen molar-refractivity contribution in [2.24, 2.45) is 0 Å². The average molecular weight is 314 g/mol. The fourth-order valence-corrected chi connectivity index (χ4v) is 2.49. The highest BCUT2D eigenvalue weighted by Crippen LogP contribution is 2.20. The fraction of sp³-hybridized carbons (Fsp3) is 0.533. The molecule has 0 bridgehead atoms. The quantitative estimate of drug-likeness (QED) is 0.929. The maximum atomic E-state index is 12.3.